The first kappa shape index (κ1) is 27.4. The van der Waals surface area contributed by atoms with Crippen molar-refractivity contribution in [3.63, 3.8) is 0 Å². The molecule has 5 nitrogen and oxygen atoms in total. The second-order valence-electron chi connectivity index (χ2n) is 7.69. The Morgan fingerprint density at radius 1 is 0.727 bits per heavy atom. The van der Waals surface area contributed by atoms with Gasteiger partial charge in [-0.3, -0.25) is 9.97 Å². The minimum absolute atomic E-state index is 0.544. The van der Waals surface area contributed by atoms with Crippen molar-refractivity contribution in [3.8, 4) is 0 Å². The number of halogens is 3. The van der Waals surface area contributed by atoms with Gasteiger partial charge < -0.3 is 0 Å². The van der Waals surface area contributed by atoms with Gasteiger partial charge in [0.2, 0.25) is 0 Å². The molecule has 0 fully saturated rings. The van der Waals surface area contributed by atoms with Crippen molar-refractivity contribution in [2.75, 3.05) is 13.1 Å². The van der Waals surface area contributed by atoms with Crippen molar-refractivity contribution in [1.82, 2.24) is 22.9 Å². The van der Waals surface area contributed by atoms with E-state index in [0.717, 1.165) is 70.6 Å². The van der Waals surface area contributed by atoms with Gasteiger partial charge in [-0.15, -0.1) is 0 Å². The zero-order valence-electron chi connectivity index (χ0n) is 17.6. The Hall–Kier alpha value is 1.33. The lowest BCUT2D eigenvalue weighted by Crippen LogP contribution is -2.25. The maximum atomic E-state index is 4.99. The van der Waals surface area contributed by atoms with Crippen LogP contribution in [-0.2, 0) is 26.2 Å². The van der Waals surface area contributed by atoms with E-state index in [-0.39, 0.29) is 0 Å². The van der Waals surface area contributed by atoms with E-state index in [9.17, 15) is 0 Å². The smallest absolute Gasteiger partial charge is 0.0557 e. The minimum atomic E-state index is 0.544. The summed E-state index contributed by atoms with van der Waals surface area (Å²) in [7, 11) is 6.09. The van der Waals surface area contributed by atoms with E-state index in [2.05, 4.69) is 131 Å². The monoisotopic (exact) mass is 853 g/mol. The molecule has 0 N–H and O–H groups in total. The molecule has 0 spiro atoms. The molecule has 2 aliphatic heterocycles. The highest BCUT2D eigenvalue weighted by Gasteiger charge is 2.20. The van der Waals surface area contributed by atoms with Crippen molar-refractivity contribution in [3.05, 3.63) is 82.7 Å². The number of fused-ring (bicyclic) bond motifs is 6. The molecule has 6 bridgehead atoms. The summed E-state index contributed by atoms with van der Waals surface area (Å²) in [6, 6.07) is 12.8. The predicted octanol–water partition coefficient (Wildman–Crippen LogP) is 7.59. The Kier molecular flexibility index (Phi) is 11.9. The number of rotatable bonds is 3. The minimum Gasteiger partial charge on any atom is -0.255 e. The first-order valence-corrected chi connectivity index (χ1v) is 21.3. The van der Waals surface area contributed by atoms with Gasteiger partial charge in [-0.05, 0) is 56.9 Å². The lowest BCUT2D eigenvalue weighted by atomic mass is 10.2. The fourth-order valence-corrected chi connectivity index (χ4v) is 9.13. The average Bonchev–Trinajstić information content (AvgIpc) is 2.83. The number of hydrogen-bond acceptors (Lipinski definition) is 8. The normalized spacial score (nSPS) is 22.0. The molecule has 2 unspecified atom stereocenters. The van der Waals surface area contributed by atoms with Gasteiger partial charge in [0.1, 0.15) is 0 Å². The summed E-state index contributed by atoms with van der Waals surface area (Å²) in [5.41, 5.74) is 4.99. The third-order valence-electron chi connectivity index (χ3n) is 5.13. The fraction of sp³-hybridized carbons (Fsp3) is 0.333. The molecule has 33 heavy (non-hydrogen) atoms. The van der Waals surface area contributed by atoms with Gasteiger partial charge in [-0.25, -0.2) is 12.9 Å². The van der Waals surface area contributed by atoms with E-state index in [4.69, 9.17) is 9.97 Å². The van der Waals surface area contributed by atoms with Gasteiger partial charge in [0.25, 0.3) is 0 Å². The highest BCUT2D eigenvalue weighted by molar-refractivity contribution is 14.2. The fourth-order valence-electron chi connectivity index (χ4n) is 3.71. The number of allylic oxidation sites excluding steroid dienone is 2. The molecule has 0 radical (unpaired) electrons. The van der Waals surface area contributed by atoms with Crippen molar-refractivity contribution in [1.29, 1.82) is 0 Å². The summed E-state index contributed by atoms with van der Waals surface area (Å²) in [5, 5.41) is 1.51. The van der Waals surface area contributed by atoms with Gasteiger partial charge in [-0.2, -0.15) is 0 Å². The molecular weight excluding hydrogens is 830 g/mol. The maximum Gasteiger partial charge on any atom is 0.0557 e. The van der Waals surface area contributed by atoms with Crippen LogP contribution < -0.4 is 0 Å². The highest BCUT2D eigenvalue weighted by Crippen LogP contribution is 2.38. The summed E-state index contributed by atoms with van der Waals surface area (Å²) in [6.45, 7) is 5.28. The molecule has 0 aromatic carbocycles. The van der Waals surface area contributed by atoms with Crippen molar-refractivity contribution < 1.29 is 0 Å². The number of pyridine rings is 2. The molecular formula is C21H23I3N5PS3. The molecule has 2 aromatic rings. The SMILES string of the molecule is ISN1CC2=CC=CC(CN(SI)Cc3cccc(n3)CN(SI)Cc3cccc(n3)C1)P2. The Balaban J connectivity index is 1.62. The molecule has 0 aliphatic carbocycles. The van der Waals surface area contributed by atoms with Crippen molar-refractivity contribution in [2.45, 2.75) is 31.8 Å². The number of nitrogens with zero attached hydrogens (tertiary/aromatic N) is 5. The third-order valence-corrected chi connectivity index (χ3v) is 13.0. The second-order valence-corrected chi connectivity index (χ2v) is 14.9. The summed E-state index contributed by atoms with van der Waals surface area (Å²) < 4.78 is 7.17. The quantitative estimate of drug-likeness (QED) is 0.178. The number of aromatic nitrogens is 2. The van der Waals surface area contributed by atoms with Crippen LogP contribution in [-0.4, -0.2) is 41.6 Å². The van der Waals surface area contributed by atoms with E-state index in [1.54, 1.807) is 27.4 Å². The lowest BCUT2D eigenvalue weighted by Gasteiger charge is -2.27. The zero-order valence-corrected chi connectivity index (χ0v) is 27.5. The predicted molar refractivity (Wildman–Crippen MR) is 173 cm³/mol. The second kappa shape index (κ2) is 14.3. The molecule has 0 saturated carbocycles. The van der Waals surface area contributed by atoms with Gasteiger partial charge in [0.15, 0.2) is 0 Å². The van der Waals surface area contributed by atoms with E-state index in [1.165, 1.54) is 5.31 Å². The molecule has 12 heteroatoms. The largest absolute Gasteiger partial charge is 0.255 e. The van der Waals surface area contributed by atoms with Crippen LogP contribution in [0.3, 0.4) is 0 Å². The van der Waals surface area contributed by atoms with Gasteiger partial charge in [-0.1, -0.05) is 38.9 Å². The van der Waals surface area contributed by atoms with E-state index < -0.39 is 0 Å². The van der Waals surface area contributed by atoms with E-state index in [0.29, 0.717) is 5.66 Å². The van der Waals surface area contributed by atoms with Crippen LogP contribution in [0, 0.1) is 0 Å². The standard InChI is InChI=1S/C21H23I3N5PS3/c22-31-27-10-16-4-1-6-18(25-16)12-28(32-23)14-20-8-3-9-21(30-20)15-29(33-24)13-19-7-2-5-17(11-27)26-19/h1-9,20,30H,10-15H2. The summed E-state index contributed by atoms with van der Waals surface area (Å²) in [5.74, 6) is 0. The molecule has 2 atom stereocenters. The highest BCUT2D eigenvalue weighted by atomic mass is 127. The zero-order chi connectivity index (χ0) is 23.0. The molecule has 0 amide bonds. The van der Waals surface area contributed by atoms with Gasteiger partial charge in [0.05, 0.1) is 49.0 Å². The Morgan fingerprint density at radius 3 is 1.73 bits per heavy atom. The van der Waals surface area contributed by atoms with Crippen molar-refractivity contribution in [2.24, 2.45) is 0 Å². The summed E-state index contributed by atoms with van der Waals surface area (Å²) in [6.07, 6.45) is 6.92. The van der Waals surface area contributed by atoms with Crippen molar-refractivity contribution >= 4 is 99.6 Å². The first-order chi connectivity index (χ1) is 16.1. The van der Waals surface area contributed by atoms with Gasteiger partial charge >= 0.3 is 0 Å². The molecule has 176 valence electrons. The van der Waals surface area contributed by atoms with Crippen LogP contribution in [0.15, 0.2) is 59.9 Å². The number of hydrogen-bond donors (Lipinski definition) is 0. The third kappa shape index (κ3) is 8.70. The molecule has 4 heterocycles. The van der Waals surface area contributed by atoms with Crippen LogP contribution in [0.1, 0.15) is 22.8 Å². The van der Waals surface area contributed by atoms with E-state index in [1.807, 2.05) is 0 Å². The average molecular weight is 853 g/mol. The van der Waals surface area contributed by atoms with E-state index >= 15 is 0 Å². The topological polar surface area (TPSA) is 35.5 Å². The molecule has 2 aliphatic rings. The van der Waals surface area contributed by atoms with Crippen LogP contribution in [0.25, 0.3) is 0 Å². The first-order valence-electron chi connectivity index (χ1n) is 10.3. The Labute approximate surface area is 247 Å². The molecule has 0 saturated heterocycles. The maximum absolute atomic E-state index is 4.99. The lowest BCUT2D eigenvalue weighted by molar-refractivity contribution is 0.445. The molecule has 2 aromatic heterocycles. The van der Waals surface area contributed by atoms with Crippen LogP contribution >= 0.6 is 99.6 Å². The van der Waals surface area contributed by atoms with Crippen LogP contribution in [0.5, 0.6) is 0 Å². The Morgan fingerprint density at radius 2 is 1.21 bits per heavy atom. The summed E-state index contributed by atoms with van der Waals surface area (Å²) >= 11 is 7.17. The van der Waals surface area contributed by atoms with Gasteiger partial charge in [0, 0.05) is 82.4 Å². The summed E-state index contributed by atoms with van der Waals surface area (Å²) in [4.78, 5) is 9.97. The Bertz CT molecular complexity index is 999. The van der Waals surface area contributed by atoms with Crippen LogP contribution in [0.2, 0.25) is 0 Å². The van der Waals surface area contributed by atoms with Crippen LogP contribution in [0.4, 0.5) is 0 Å². The molecule has 4 rings (SSSR count).